The standard InChI is InChI=1S/C27H29F3N6O/c28-27(29,30)21-4-3-5-22(10-21)36-14-20(13-33-36)26(37)35-15-23(18-6-7-18)25(34-8-1-2-9-34)24(16-35)19-11-31-17-32-12-19/h3-5,10-14,17-18,23-25H,1-2,6-9,15-16H2. The molecule has 1 saturated carbocycles. The van der Waals surface area contributed by atoms with E-state index in [1.54, 1.807) is 6.07 Å². The molecule has 4 heterocycles. The highest BCUT2D eigenvalue weighted by molar-refractivity contribution is 5.94. The third kappa shape index (κ3) is 4.86. The normalized spacial score (nSPS) is 24.9. The monoisotopic (exact) mass is 510 g/mol. The minimum atomic E-state index is -4.45. The summed E-state index contributed by atoms with van der Waals surface area (Å²) in [5.74, 6) is 0.910. The number of alkyl halides is 3. The van der Waals surface area contributed by atoms with Crippen molar-refractivity contribution in [3.05, 3.63) is 72.1 Å². The molecule has 6 rings (SSSR count). The molecule has 3 aromatic rings. The molecule has 2 aromatic heterocycles. The first-order valence-electron chi connectivity index (χ1n) is 12.9. The second-order valence-corrected chi connectivity index (χ2v) is 10.4. The van der Waals surface area contributed by atoms with Crippen molar-refractivity contribution in [3.63, 3.8) is 0 Å². The molecule has 1 aromatic carbocycles. The highest BCUT2D eigenvalue weighted by Crippen LogP contribution is 2.47. The van der Waals surface area contributed by atoms with E-state index in [-0.39, 0.29) is 17.5 Å². The fraction of sp³-hybridized carbons (Fsp3) is 0.481. The molecule has 3 atom stereocenters. The van der Waals surface area contributed by atoms with Crippen molar-refractivity contribution in [2.75, 3.05) is 26.2 Å². The van der Waals surface area contributed by atoms with Gasteiger partial charge in [0.05, 0.1) is 23.0 Å². The zero-order valence-electron chi connectivity index (χ0n) is 20.4. The van der Waals surface area contributed by atoms with Crippen LogP contribution in [0.1, 0.15) is 53.1 Å². The van der Waals surface area contributed by atoms with E-state index in [0.717, 1.165) is 30.8 Å². The molecule has 1 aliphatic carbocycles. The fourth-order valence-electron chi connectivity index (χ4n) is 6.15. The summed E-state index contributed by atoms with van der Waals surface area (Å²) in [7, 11) is 0. The minimum Gasteiger partial charge on any atom is -0.338 e. The first-order chi connectivity index (χ1) is 17.9. The highest BCUT2D eigenvalue weighted by Gasteiger charge is 2.48. The summed E-state index contributed by atoms with van der Waals surface area (Å²) >= 11 is 0. The lowest BCUT2D eigenvalue weighted by atomic mass is 9.77. The summed E-state index contributed by atoms with van der Waals surface area (Å²) in [5, 5.41) is 4.22. The highest BCUT2D eigenvalue weighted by atomic mass is 19.4. The van der Waals surface area contributed by atoms with Gasteiger partial charge in [0.25, 0.3) is 5.91 Å². The summed E-state index contributed by atoms with van der Waals surface area (Å²) in [6.07, 6.45) is 8.54. The van der Waals surface area contributed by atoms with Crippen LogP contribution in [-0.2, 0) is 6.18 Å². The van der Waals surface area contributed by atoms with Gasteiger partial charge in [-0.05, 0) is 74.4 Å². The maximum absolute atomic E-state index is 13.7. The maximum atomic E-state index is 13.7. The molecular formula is C27H29F3N6O. The van der Waals surface area contributed by atoms with Crippen molar-refractivity contribution in [2.45, 2.75) is 43.8 Å². The number of hydrogen-bond donors (Lipinski definition) is 0. The Labute approximate surface area is 213 Å². The summed E-state index contributed by atoms with van der Waals surface area (Å²) in [6, 6.07) is 5.30. The van der Waals surface area contributed by atoms with Gasteiger partial charge in [0.2, 0.25) is 0 Å². The lowest BCUT2D eigenvalue weighted by Crippen LogP contribution is -2.56. The van der Waals surface area contributed by atoms with Crippen molar-refractivity contribution in [1.82, 2.24) is 29.5 Å². The van der Waals surface area contributed by atoms with Crippen LogP contribution in [0.25, 0.3) is 5.69 Å². The lowest BCUT2D eigenvalue weighted by Gasteiger charge is -2.48. The van der Waals surface area contributed by atoms with Gasteiger partial charge in [-0.3, -0.25) is 9.69 Å². The Bertz CT molecular complexity index is 1250. The van der Waals surface area contributed by atoms with Crippen LogP contribution in [0.5, 0.6) is 0 Å². The lowest BCUT2D eigenvalue weighted by molar-refractivity contribution is -0.137. The molecule has 3 fully saturated rings. The minimum absolute atomic E-state index is 0.0983. The van der Waals surface area contributed by atoms with Gasteiger partial charge in [0.1, 0.15) is 6.33 Å². The molecule has 0 bridgehead atoms. The van der Waals surface area contributed by atoms with Crippen LogP contribution in [0.2, 0.25) is 0 Å². The summed E-state index contributed by atoms with van der Waals surface area (Å²) in [5.41, 5.74) is 0.922. The van der Waals surface area contributed by atoms with E-state index >= 15 is 0 Å². The summed E-state index contributed by atoms with van der Waals surface area (Å²) in [4.78, 5) is 26.8. The van der Waals surface area contributed by atoms with Gasteiger partial charge in [-0.25, -0.2) is 14.6 Å². The number of benzene rings is 1. The van der Waals surface area contributed by atoms with Crippen molar-refractivity contribution in [1.29, 1.82) is 0 Å². The number of aromatic nitrogens is 4. The molecule has 2 aliphatic heterocycles. The Morgan fingerprint density at radius 3 is 2.46 bits per heavy atom. The van der Waals surface area contributed by atoms with E-state index in [1.165, 1.54) is 55.2 Å². The van der Waals surface area contributed by atoms with Crippen LogP contribution in [0.15, 0.2) is 55.4 Å². The van der Waals surface area contributed by atoms with Gasteiger partial charge in [-0.2, -0.15) is 18.3 Å². The van der Waals surface area contributed by atoms with Gasteiger partial charge in [0, 0.05) is 43.6 Å². The van der Waals surface area contributed by atoms with Crippen LogP contribution >= 0.6 is 0 Å². The molecule has 2 saturated heterocycles. The van der Waals surface area contributed by atoms with Gasteiger partial charge in [0.15, 0.2) is 0 Å². The Balaban J connectivity index is 1.28. The predicted molar refractivity (Wildman–Crippen MR) is 130 cm³/mol. The molecule has 0 N–H and O–H groups in total. The van der Waals surface area contributed by atoms with E-state index in [9.17, 15) is 18.0 Å². The van der Waals surface area contributed by atoms with E-state index < -0.39 is 11.7 Å². The van der Waals surface area contributed by atoms with E-state index in [0.29, 0.717) is 36.5 Å². The van der Waals surface area contributed by atoms with Gasteiger partial charge >= 0.3 is 6.18 Å². The van der Waals surface area contributed by atoms with Crippen LogP contribution in [-0.4, -0.2) is 67.7 Å². The average molecular weight is 511 g/mol. The van der Waals surface area contributed by atoms with Crippen LogP contribution in [0, 0.1) is 11.8 Å². The number of carbonyl (C=O) groups excluding carboxylic acids is 1. The molecule has 10 heteroatoms. The molecular weight excluding hydrogens is 481 g/mol. The van der Waals surface area contributed by atoms with E-state index in [4.69, 9.17) is 0 Å². The SMILES string of the molecule is O=C(c1cnn(-c2cccc(C(F)(F)F)c2)c1)N1CC(c2cncnc2)C(N2CCCC2)C(C2CC2)C1. The maximum Gasteiger partial charge on any atom is 0.416 e. The summed E-state index contributed by atoms with van der Waals surface area (Å²) < 4.78 is 40.9. The third-order valence-electron chi connectivity index (χ3n) is 8.05. The van der Waals surface area contributed by atoms with Crippen molar-refractivity contribution < 1.29 is 18.0 Å². The molecule has 3 aliphatic rings. The summed E-state index contributed by atoms with van der Waals surface area (Å²) in [6.45, 7) is 3.38. The van der Waals surface area contributed by atoms with Crippen LogP contribution in [0.4, 0.5) is 13.2 Å². The van der Waals surface area contributed by atoms with Crippen molar-refractivity contribution in [3.8, 4) is 5.69 Å². The number of piperidine rings is 1. The van der Waals surface area contributed by atoms with Crippen LogP contribution < -0.4 is 0 Å². The number of nitrogens with zero attached hydrogens (tertiary/aromatic N) is 6. The van der Waals surface area contributed by atoms with Gasteiger partial charge < -0.3 is 4.90 Å². The Hall–Kier alpha value is -3.27. The predicted octanol–water partition coefficient (Wildman–Crippen LogP) is 4.41. The van der Waals surface area contributed by atoms with Crippen LogP contribution in [0.3, 0.4) is 0 Å². The third-order valence-corrected chi connectivity index (χ3v) is 8.05. The zero-order valence-corrected chi connectivity index (χ0v) is 20.4. The average Bonchev–Trinajstić information content (AvgIpc) is 3.39. The number of carbonyl (C=O) groups is 1. The topological polar surface area (TPSA) is 67.2 Å². The van der Waals surface area contributed by atoms with Crippen molar-refractivity contribution >= 4 is 5.91 Å². The zero-order chi connectivity index (χ0) is 25.6. The second-order valence-electron chi connectivity index (χ2n) is 10.4. The largest absolute Gasteiger partial charge is 0.416 e. The second kappa shape index (κ2) is 9.55. The van der Waals surface area contributed by atoms with E-state index in [2.05, 4.69) is 20.0 Å². The Kier molecular flexibility index (Phi) is 6.22. The molecule has 194 valence electrons. The smallest absolute Gasteiger partial charge is 0.338 e. The molecule has 3 unspecified atom stereocenters. The van der Waals surface area contributed by atoms with Crippen molar-refractivity contribution in [2.24, 2.45) is 11.8 Å². The molecule has 7 nitrogen and oxygen atoms in total. The number of rotatable bonds is 5. The number of hydrogen-bond acceptors (Lipinski definition) is 5. The number of amides is 1. The number of likely N-dealkylation sites (tertiary alicyclic amines) is 2. The molecule has 1 amide bonds. The molecule has 0 spiro atoms. The fourth-order valence-corrected chi connectivity index (χ4v) is 6.15. The molecule has 0 radical (unpaired) electrons. The Morgan fingerprint density at radius 1 is 1.00 bits per heavy atom. The Morgan fingerprint density at radius 2 is 1.76 bits per heavy atom. The van der Waals surface area contributed by atoms with Gasteiger partial charge in [-0.15, -0.1) is 0 Å². The van der Waals surface area contributed by atoms with Gasteiger partial charge in [-0.1, -0.05) is 6.07 Å². The first kappa shape index (κ1) is 24.1. The molecule has 37 heavy (non-hydrogen) atoms. The quantitative estimate of drug-likeness (QED) is 0.509. The number of halogens is 3. The first-order valence-corrected chi connectivity index (χ1v) is 12.9. The van der Waals surface area contributed by atoms with E-state index in [1.807, 2.05) is 17.3 Å².